The molecule has 2 atom stereocenters. The molecule has 0 spiro atoms. The van der Waals surface area contributed by atoms with Gasteiger partial charge in [-0.25, -0.2) is 4.79 Å². The normalized spacial score (nSPS) is 25.4. The average molecular weight is 291 g/mol. The molecule has 1 N–H and O–H groups in total. The zero-order chi connectivity index (χ0) is 15.3. The number of rotatable bonds is 5. The van der Waals surface area contributed by atoms with Crippen LogP contribution < -0.4 is 5.32 Å². The summed E-state index contributed by atoms with van der Waals surface area (Å²) in [5, 5.41) is 3.45. The highest BCUT2D eigenvalue weighted by Crippen LogP contribution is 2.33. The first-order chi connectivity index (χ1) is 10.1. The summed E-state index contributed by atoms with van der Waals surface area (Å²) in [6, 6.07) is 8.01. The largest absolute Gasteiger partial charge is 0.467 e. The number of hydrogen-bond acceptors (Lipinski definition) is 4. The van der Waals surface area contributed by atoms with Crippen LogP contribution in [0.3, 0.4) is 0 Å². The molecule has 2 unspecified atom stereocenters. The molecular formula is C17H25NO3. The van der Waals surface area contributed by atoms with Crippen LogP contribution in [0.1, 0.15) is 38.2 Å². The van der Waals surface area contributed by atoms with E-state index in [0.717, 1.165) is 24.1 Å². The third-order valence-electron chi connectivity index (χ3n) is 4.16. The Balaban J connectivity index is 2.25. The molecule has 1 fully saturated rings. The minimum absolute atomic E-state index is 0.111. The molecule has 0 bridgehead atoms. The fourth-order valence-corrected chi connectivity index (χ4v) is 2.97. The molecule has 1 aliphatic rings. The zero-order valence-corrected chi connectivity index (χ0v) is 13.1. The van der Waals surface area contributed by atoms with Crippen molar-refractivity contribution in [2.45, 2.75) is 51.2 Å². The fraction of sp³-hybridized carbons (Fsp3) is 0.588. The summed E-state index contributed by atoms with van der Waals surface area (Å²) >= 11 is 0. The van der Waals surface area contributed by atoms with Crippen molar-refractivity contribution >= 4 is 11.7 Å². The van der Waals surface area contributed by atoms with Crippen molar-refractivity contribution in [1.82, 2.24) is 0 Å². The predicted octanol–water partition coefficient (Wildman–Crippen LogP) is 3.30. The second kappa shape index (κ2) is 6.94. The molecule has 1 aliphatic heterocycles. The Morgan fingerprint density at radius 2 is 2.24 bits per heavy atom. The number of carbonyl (C=O) groups excluding carboxylic acids is 1. The van der Waals surface area contributed by atoms with Crippen LogP contribution >= 0.6 is 0 Å². The molecule has 1 aromatic carbocycles. The summed E-state index contributed by atoms with van der Waals surface area (Å²) in [5.74, 6) is -0.199. The van der Waals surface area contributed by atoms with Gasteiger partial charge in [0.2, 0.25) is 0 Å². The van der Waals surface area contributed by atoms with E-state index in [9.17, 15) is 4.79 Å². The molecule has 4 heteroatoms. The highest BCUT2D eigenvalue weighted by atomic mass is 16.5. The van der Waals surface area contributed by atoms with E-state index < -0.39 is 5.54 Å². The molecule has 0 aliphatic carbocycles. The van der Waals surface area contributed by atoms with E-state index in [2.05, 4.69) is 12.2 Å². The van der Waals surface area contributed by atoms with Crippen molar-refractivity contribution in [1.29, 1.82) is 0 Å². The topological polar surface area (TPSA) is 47.6 Å². The van der Waals surface area contributed by atoms with Crippen molar-refractivity contribution in [3.8, 4) is 0 Å². The SMILES string of the molecule is CCCC1CC(Nc2ccccc2C)(C(=O)OC)CCO1. The first kappa shape index (κ1) is 15.8. The van der Waals surface area contributed by atoms with Crippen molar-refractivity contribution in [3.63, 3.8) is 0 Å². The molecule has 21 heavy (non-hydrogen) atoms. The quantitative estimate of drug-likeness (QED) is 0.846. The summed E-state index contributed by atoms with van der Waals surface area (Å²) in [4.78, 5) is 12.4. The van der Waals surface area contributed by atoms with Gasteiger partial charge in [-0.05, 0) is 25.0 Å². The lowest BCUT2D eigenvalue weighted by Gasteiger charge is -2.40. The number of methoxy groups -OCH3 is 1. The Hall–Kier alpha value is -1.55. The smallest absolute Gasteiger partial charge is 0.331 e. The summed E-state index contributed by atoms with van der Waals surface area (Å²) in [6.07, 6.45) is 3.41. The van der Waals surface area contributed by atoms with Crippen LogP contribution in [0.25, 0.3) is 0 Å². The molecule has 1 heterocycles. The monoisotopic (exact) mass is 291 g/mol. The number of hydrogen-bond donors (Lipinski definition) is 1. The Morgan fingerprint density at radius 3 is 2.90 bits per heavy atom. The molecule has 0 saturated carbocycles. The molecule has 0 radical (unpaired) electrons. The van der Waals surface area contributed by atoms with E-state index >= 15 is 0 Å². The van der Waals surface area contributed by atoms with Crippen LogP contribution in [-0.4, -0.2) is 31.3 Å². The zero-order valence-electron chi connectivity index (χ0n) is 13.1. The number of para-hydroxylation sites is 1. The van der Waals surface area contributed by atoms with Crippen LogP contribution in [-0.2, 0) is 14.3 Å². The van der Waals surface area contributed by atoms with Gasteiger partial charge in [-0.15, -0.1) is 0 Å². The molecule has 0 aromatic heterocycles. The molecule has 116 valence electrons. The summed E-state index contributed by atoms with van der Waals surface area (Å²) in [6.45, 7) is 4.75. The lowest BCUT2D eigenvalue weighted by Crippen LogP contribution is -2.53. The molecular weight excluding hydrogens is 266 g/mol. The summed E-state index contributed by atoms with van der Waals surface area (Å²) in [7, 11) is 1.45. The second-order valence-corrected chi connectivity index (χ2v) is 5.75. The van der Waals surface area contributed by atoms with Gasteiger partial charge >= 0.3 is 5.97 Å². The number of nitrogens with one attached hydrogen (secondary N) is 1. The standard InChI is InChI=1S/C17H25NO3/c1-4-7-14-12-17(10-11-21-14,16(19)20-3)18-15-9-6-5-8-13(15)2/h5-6,8-9,14,18H,4,7,10-12H2,1-3H3. The van der Waals surface area contributed by atoms with Crippen molar-refractivity contribution in [2.24, 2.45) is 0 Å². The highest BCUT2D eigenvalue weighted by molar-refractivity contribution is 5.85. The summed E-state index contributed by atoms with van der Waals surface area (Å²) in [5.41, 5.74) is 1.43. The maximum absolute atomic E-state index is 12.4. The van der Waals surface area contributed by atoms with Gasteiger partial charge in [0.15, 0.2) is 0 Å². The number of esters is 1. The molecule has 1 aromatic rings. The van der Waals surface area contributed by atoms with Gasteiger partial charge in [0.1, 0.15) is 5.54 Å². The van der Waals surface area contributed by atoms with Gasteiger partial charge < -0.3 is 14.8 Å². The first-order valence-corrected chi connectivity index (χ1v) is 7.65. The van der Waals surface area contributed by atoms with Crippen LogP contribution in [0, 0.1) is 6.92 Å². The van der Waals surface area contributed by atoms with E-state index in [0.29, 0.717) is 19.4 Å². The predicted molar refractivity (Wildman–Crippen MR) is 83.4 cm³/mol. The molecule has 2 rings (SSSR count). The van der Waals surface area contributed by atoms with Gasteiger partial charge in [0, 0.05) is 25.1 Å². The molecule has 4 nitrogen and oxygen atoms in total. The van der Waals surface area contributed by atoms with E-state index in [-0.39, 0.29) is 12.1 Å². The average Bonchev–Trinajstić information content (AvgIpc) is 2.49. The lowest BCUT2D eigenvalue weighted by molar-refractivity contribution is -0.151. The van der Waals surface area contributed by atoms with E-state index in [4.69, 9.17) is 9.47 Å². The minimum Gasteiger partial charge on any atom is -0.467 e. The fourth-order valence-electron chi connectivity index (χ4n) is 2.97. The lowest BCUT2D eigenvalue weighted by atomic mass is 9.84. The van der Waals surface area contributed by atoms with Gasteiger partial charge in [-0.3, -0.25) is 0 Å². The number of carbonyl (C=O) groups is 1. The Morgan fingerprint density at radius 1 is 1.48 bits per heavy atom. The Kier molecular flexibility index (Phi) is 5.23. The van der Waals surface area contributed by atoms with E-state index in [1.807, 2.05) is 31.2 Å². The highest BCUT2D eigenvalue weighted by Gasteiger charge is 2.44. The van der Waals surface area contributed by atoms with Crippen molar-refractivity contribution in [2.75, 3.05) is 19.0 Å². The van der Waals surface area contributed by atoms with Crippen LogP contribution in [0.4, 0.5) is 5.69 Å². The third kappa shape index (κ3) is 3.56. The maximum atomic E-state index is 12.4. The second-order valence-electron chi connectivity index (χ2n) is 5.75. The van der Waals surface area contributed by atoms with E-state index in [1.165, 1.54) is 7.11 Å². The Labute approximate surface area is 126 Å². The van der Waals surface area contributed by atoms with Crippen LogP contribution in [0.5, 0.6) is 0 Å². The molecule has 0 amide bonds. The van der Waals surface area contributed by atoms with Gasteiger partial charge in [-0.1, -0.05) is 31.5 Å². The van der Waals surface area contributed by atoms with Gasteiger partial charge in [-0.2, -0.15) is 0 Å². The van der Waals surface area contributed by atoms with Crippen LogP contribution in [0.2, 0.25) is 0 Å². The number of benzene rings is 1. The van der Waals surface area contributed by atoms with Gasteiger partial charge in [0.25, 0.3) is 0 Å². The van der Waals surface area contributed by atoms with Crippen molar-refractivity contribution < 1.29 is 14.3 Å². The molecule has 1 saturated heterocycles. The third-order valence-corrected chi connectivity index (χ3v) is 4.16. The van der Waals surface area contributed by atoms with Crippen LogP contribution in [0.15, 0.2) is 24.3 Å². The minimum atomic E-state index is -0.682. The number of anilines is 1. The first-order valence-electron chi connectivity index (χ1n) is 7.65. The van der Waals surface area contributed by atoms with Gasteiger partial charge in [0.05, 0.1) is 13.2 Å². The Bertz CT molecular complexity index is 487. The number of ether oxygens (including phenoxy) is 2. The van der Waals surface area contributed by atoms with Crippen molar-refractivity contribution in [3.05, 3.63) is 29.8 Å². The van der Waals surface area contributed by atoms with E-state index in [1.54, 1.807) is 0 Å². The number of aryl methyl sites for hydroxylation is 1. The summed E-state index contributed by atoms with van der Waals surface area (Å²) < 4.78 is 10.9. The maximum Gasteiger partial charge on any atom is 0.331 e.